The molecule has 0 aliphatic carbocycles. The molecule has 2 aromatic rings. The lowest BCUT2D eigenvalue weighted by molar-refractivity contribution is -0.125. The number of amides is 2. The van der Waals surface area contributed by atoms with Crippen LogP contribution in [0.5, 0.6) is 5.75 Å². The van der Waals surface area contributed by atoms with Crippen molar-refractivity contribution in [2.24, 2.45) is 0 Å². The Morgan fingerprint density at radius 1 is 1.21 bits per heavy atom. The molecule has 1 unspecified atom stereocenters. The molecule has 0 aromatic heterocycles. The van der Waals surface area contributed by atoms with Gasteiger partial charge in [-0.05, 0) is 48.7 Å². The molecule has 1 N–H and O–H groups in total. The van der Waals surface area contributed by atoms with Crippen LogP contribution < -0.4 is 10.1 Å². The molecular formula is C20H19Cl2FN2O3. The molecule has 0 radical (unpaired) electrons. The molecule has 8 heteroatoms. The Hall–Kier alpha value is -2.31. The molecule has 0 spiro atoms. The van der Waals surface area contributed by atoms with Crippen LogP contribution in [0.1, 0.15) is 28.8 Å². The summed E-state index contributed by atoms with van der Waals surface area (Å²) >= 11 is 11.9. The monoisotopic (exact) mass is 424 g/mol. The summed E-state index contributed by atoms with van der Waals surface area (Å²) in [5, 5.41) is 3.42. The van der Waals surface area contributed by atoms with Gasteiger partial charge in [0, 0.05) is 18.7 Å². The number of hydrogen-bond acceptors (Lipinski definition) is 3. The smallest absolute Gasteiger partial charge is 0.254 e. The van der Waals surface area contributed by atoms with Crippen molar-refractivity contribution in [3.8, 4) is 5.75 Å². The minimum Gasteiger partial charge on any atom is -0.494 e. The summed E-state index contributed by atoms with van der Waals surface area (Å²) in [6.07, 6.45) is 1.29. The number of hydrogen-bond donors (Lipinski definition) is 1. The number of carbonyl (C=O) groups is 2. The minimum atomic E-state index is -0.579. The second kappa shape index (κ2) is 8.80. The number of methoxy groups -OCH3 is 1. The zero-order valence-corrected chi connectivity index (χ0v) is 16.7. The van der Waals surface area contributed by atoms with Crippen molar-refractivity contribution in [3.05, 3.63) is 63.4 Å². The second-order valence-electron chi connectivity index (χ2n) is 6.47. The van der Waals surface area contributed by atoms with Crippen LogP contribution >= 0.6 is 23.2 Å². The molecule has 1 atom stereocenters. The number of benzene rings is 2. The number of nitrogens with one attached hydrogen (secondary N) is 1. The highest BCUT2D eigenvalue weighted by Crippen LogP contribution is 2.26. The van der Waals surface area contributed by atoms with Crippen molar-refractivity contribution in [3.63, 3.8) is 0 Å². The van der Waals surface area contributed by atoms with Crippen LogP contribution in [0.2, 0.25) is 10.0 Å². The van der Waals surface area contributed by atoms with Crippen LogP contribution in [-0.4, -0.2) is 36.4 Å². The van der Waals surface area contributed by atoms with E-state index in [4.69, 9.17) is 27.9 Å². The molecule has 0 saturated carbocycles. The van der Waals surface area contributed by atoms with Crippen molar-refractivity contribution >= 4 is 35.0 Å². The van der Waals surface area contributed by atoms with E-state index in [2.05, 4.69) is 5.32 Å². The molecule has 1 aliphatic heterocycles. The minimum absolute atomic E-state index is 0.143. The van der Waals surface area contributed by atoms with Gasteiger partial charge in [0.05, 0.1) is 17.2 Å². The Balaban J connectivity index is 1.66. The van der Waals surface area contributed by atoms with Gasteiger partial charge in [-0.2, -0.15) is 0 Å². The van der Waals surface area contributed by atoms with Crippen LogP contribution in [0.15, 0.2) is 36.4 Å². The topological polar surface area (TPSA) is 58.6 Å². The molecule has 1 heterocycles. The highest BCUT2D eigenvalue weighted by atomic mass is 35.5. The molecule has 148 valence electrons. The number of nitrogens with zero attached hydrogens (tertiary/aromatic N) is 1. The average molecular weight is 425 g/mol. The first-order chi connectivity index (χ1) is 13.4. The van der Waals surface area contributed by atoms with Crippen LogP contribution in [0.4, 0.5) is 4.39 Å². The van der Waals surface area contributed by atoms with Gasteiger partial charge in [0.25, 0.3) is 5.91 Å². The van der Waals surface area contributed by atoms with Crippen molar-refractivity contribution in [1.29, 1.82) is 0 Å². The second-order valence-corrected chi connectivity index (χ2v) is 7.29. The highest BCUT2D eigenvalue weighted by molar-refractivity contribution is 6.42. The Kier molecular flexibility index (Phi) is 6.42. The van der Waals surface area contributed by atoms with Crippen LogP contribution in [0.25, 0.3) is 0 Å². The predicted octanol–water partition coefficient (Wildman–Crippen LogP) is 4.06. The zero-order valence-electron chi connectivity index (χ0n) is 15.2. The van der Waals surface area contributed by atoms with Crippen LogP contribution in [0, 0.1) is 5.82 Å². The first-order valence-corrected chi connectivity index (χ1v) is 9.52. The SMILES string of the molecule is COc1ccc(CNC(=O)C2CCCN2C(=O)c2ccc(Cl)c(Cl)c2)cc1F. The van der Waals surface area contributed by atoms with Crippen molar-refractivity contribution in [2.75, 3.05) is 13.7 Å². The fourth-order valence-corrected chi connectivity index (χ4v) is 3.50. The molecule has 1 fully saturated rings. The van der Waals surface area contributed by atoms with Gasteiger partial charge in [-0.3, -0.25) is 9.59 Å². The number of rotatable bonds is 5. The predicted molar refractivity (Wildman–Crippen MR) is 105 cm³/mol. The molecule has 2 amide bonds. The molecule has 3 rings (SSSR count). The summed E-state index contributed by atoms with van der Waals surface area (Å²) in [6, 6.07) is 8.56. The largest absolute Gasteiger partial charge is 0.494 e. The maximum Gasteiger partial charge on any atom is 0.254 e. The summed E-state index contributed by atoms with van der Waals surface area (Å²) in [4.78, 5) is 27.0. The lowest BCUT2D eigenvalue weighted by atomic mass is 10.1. The first-order valence-electron chi connectivity index (χ1n) is 8.77. The lowest BCUT2D eigenvalue weighted by Crippen LogP contribution is -2.45. The van der Waals surface area contributed by atoms with Gasteiger partial charge in [0.2, 0.25) is 5.91 Å². The average Bonchev–Trinajstić information content (AvgIpc) is 3.17. The van der Waals surface area contributed by atoms with E-state index >= 15 is 0 Å². The van der Waals surface area contributed by atoms with Gasteiger partial charge in [0.1, 0.15) is 6.04 Å². The summed E-state index contributed by atoms with van der Waals surface area (Å²) in [6.45, 7) is 0.638. The normalized spacial score (nSPS) is 16.1. The number of halogens is 3. The lowest BCUT2D eigenvalue weighted by Gasteiger charge is -2.24. The maximum atomic E-state index is 13.8. The quantitative estimate of drug-likeness (QED) is 0.786. The Bertz CT molecular complexity index is 907. The molecule has 1 aliphatic rings. The molecule has 2 aromatic carbocycles. The number of carbonyl (C=O) groups excluding carboxylic acids is 2. The highest BCUT2D eigenvalue weighted by Gasteiger charge is 2.34. The van der Waals surface area contributed by atoms with Crippen LogP contribution in [-0.2, 0) is 11.3 Å². The van der Waals surface area contributed by atoms with Crippen LogP contribution in [0.3, 0.4) is 0 Å². The third-order valence-electron chi connectivity index (χ3n) is 4.67. The van der Waals surface area contributed by atoms with E-state index in [1.807, 2.05) is 0 Å². The maximum absolute atomic E-state index is 13.8. The van der Waals surface area contributed by atoms with Gasteiger partial charge < -0.3 is 15.0 Å². The zero-order chi connectivity index (χ0) is 20.3. The molecule has 5 nitrogen and oxygen atoms in total. The van der Waals surface area contributed by atoms with E-state index in [0.717, 1.165) is 6.42 Å². The van der Waals surface area contributed by atoms with E-state index in [-0.39, 0.29) is 29.1 Å². The molecule has 1 saturated heterocycles. The van der Waals surface area contributed by atoms with Crippen molar-refractivity contribution < 1.29 is 18.7 Å². The number of ether oxygens (including phenoxy) is 1. The Morgan fingerprint density at radius 2 is 2.00 bits per heavy atom. The molecule has 0 bridgehead atoms. The van der Waals surface area contributed by atoms with Gasteiger partial charge in [-0.25, -0.2) is 4.39 Å². The van der Waals surface area contributed by atoms with Gasteiger partial charge >= 0.3 is 0 Å². The van der Waals surface area contributed by atoms with E-state index < -0.39 is 11.9 Å². The molecular weight excluding hydrogens is 406 g/mol. The van der Waals surface area contributed by atoms with E-state index in [1.165, 1.54) is 30.2 Å². The standard InChI is InChI=1S/C20H19Cl2FN2O3/c1-28-18-7-4-12(9-16(18)23)11-24-19(26)17-3-2-8-25(17)20(27)13-5-6-14(21)15(22)10-13/h4-7,9-10,17H,2-3,8,11H2,1H3,(H,24,26). The summed E-state index contributed by atoms with van der Waals surface area (Å²) in [5.41, 5.74) is 0.985. The van der Waals surface area contributed by atoms with E-state index in [0.29, 0.717) is 29.1 Å². The Labute approximate surface area is 172 Å². The summed E-state index contributed by atoms with van der Waals surface area (Å²) in [7, 11) is 1.39. The van der Waals surface area contributed by atoms with Crippen molar-refractivity contribution in [2.45, 2.75) is 25.4 Å². The fraction of sp³-hybridized carbons (Fsp3) is 0.300. The summed E-state index contributed by atoms with van der Waals surface area (Å²) in [5.74, 6) is -0.898. The van der Waals surface area contributed by atoms with E-state index in [9.17, 15) is 14.0 Å². The van der Waals surface area contributed by atoms with Gasteiger partial charge in [-0.15, -0.1) is 0 Å². The molecule has 28 heavy (non-hydrogen) atoms. The first kappa shape index (κ1) is 20.4. The van der Waals surface area contributed by atoms with E-state index in [1.54, 1.807) is 18.2 Å². The van der Waals surface area contributed by atoms with Gasteiger partial charge in [-0.1, -0.05) is 29.3 Å². The fourth-order valence-electron chi connectivity index (χ4n) is 3.20. The van der Waals surface area contributed by atoms with Crippen molar-refractivity contribution in [1.82, 2.24) is 10.2 Å². The third kappa shape index (κ3) is 4.39. The summed E-state index contributed by atoms with van der Waals surface area (Å²) < 4.78 is 18.7. The number of likely N-dealkylation sites (tertiary alicyclic amines) is 1. The van der Waals surface area contributed by atoms with Gasteiger partial charge in [0.15, 0.2) is 11.6 Å². The Morgan fingerprint density at radius 3 is 2.68 bits per heavy atom. The third-order valence-corrected chi connectivity index (χ3v) is 5.40.